The third-order valence-electron chi connectivity index (χ3n) is 4.89. The molecule has 5 heteroatoms. The molecule has 1 saturated carbocycles. The van der Waals surface area contributed by atoms with Gasteiger partial charge >= 0.3 is 5.97 Å². The molecule has 1 aromatic carbocycles. The molecule has 3 aliphatic rings. The number of nitrogens with one attached hydrogen (secondary N) is 1. The predicted octanol–water partition coefficient (Wildman–Crippen LogP) is 1.48. The van der Waals surface area contributed by atoms with Crippen molar-refractivity contribution in [3.05, 3.63) is 35.4 Å². The topological polar surface area (TPSA) is 61.8 Å². The summed E-state index contributed by atoms with van der Waals surface area (Å²) < 4.78 is 6.05. The van der Waals surface area contributed by atoms with Crippen molar-refractivity contribution in [2.24, 2.45) is 0 Å². The molecule has 22 heavy (non-hydrogen) atoms. The number of aromatic carboxylic acids is 1. The van der Waals surface area contributed by atoms with E-state index in [1.54, 1.807) is 12.1 Å². The standard InChI is InChI=1S/C17H22N2O3/c20-16(21)13-3-1-12(2-4-13)8-19-10-17(11-19)7-15(9-22-17)18-14-5-6-14/h1-4,14-15,18H,5-11H2,(H,20,21). The second-order valence-corrected chi connectivity index (χ2v) is 6.98. The highest BCUT2D eigenvalue weighted by Crippen LogP contribution is 2.37. The highest BCUT2D eigenvalue weighted by Gasteiger charge is 2.49. The quantitative estimate of drug-likeness (QED) is 0.863. The maximum Gasteiger partial charge on any atom is 0.335 e. The monoisotopic (exact) mass is 302 g/mol. The molecule has 2 heterocycles. The fourth-order valence-corrected chi connectivity index (χ4v) is 3.65. The summed E-state index contributed by atoms with van der Waals surface area (Å²) >= 11 is 0. The van der Waals surface area contributed by atoms with E-state index in [0.29, 0.717) is 11.6 Å². The van der Waals surface area contributed by atoms with E-state index < -0.39 is 5.97 Å². The Morgan fingerprint density at radius 2 is 2.00 bits per heavy atom. The first-order valence-electron chi connectivity index (χ1n) is 8.07. The van der Waals surface area contributed by atoms with Crippen molar-refractivity contribution in [1.29, 1.82) is 0 Å². The first-order chi connectivity index (χ1) is 10.6. The van der Waals surface area contributed by atoms with Gasteiger partial charge in [-0.15, -0.1) is 0 Å². The van der Waals surface area contributed by atoms with E-state index in [-0.39, 0.29) is 5.60 Å². The maximum atomic E-state index is 10.9. The lowest BCUT2D eigenvalue weighted by Gasteiger charge is -2.47. The second-order valence-electron chi connectivity index (χ2n) is 6.98. The number of benzene rings is 1. The van der Waals surface area contributed by atoms with Gasteiger partial charge in [-0.05, 0) is 37.0 Å². The number of carboxylic acids is 1. The molecular formula is C17H22N2O3. The third kappa shape index (κ3) is 2.89. The number of ether oxygens (including phenoxy) is 1. The van der Waals surface area contributed by atoms with Crippen LogP contribution in [0, 0.1) is 0 Å². The van der Waals surface area contributed by atoms with Gasteiger partial charge in [0.25, 0.3) is 0 Å². The zero-order valence-corrected chi connectivity index (χ0v) is 12.6. The molecule has 0 amide bonds. The minimum absolute atomic E-state index is 0.0631. The number of hydrogen-bond acceptors (Lipinski definition) is 4. The molecule has 5 nitrogen and oxygen atoms in total. The Kier molecular flexibility index (Phi) is 3.44. The number of likely N-dealkylation sites (tertiary alicyclic amines) is 1. The van der Waals surface area contributed by atoms with Crippen LogP contribution >= 0.6 is 0 Å². The van der Waals surface area contributed by atoms with Crippen molar-refractivity contribution < 1.29 is 14.6 Å². The van der Waals surface area contributed by atoms with E-state index in [1.807, 2.05) is 12.1 Å². The van der Waals surface area contributed by atoms with Gasteiger partial charge in [0.05, 0.1) is 17.8 Å². The summed E-state index contributed by atoms with van der Waals surface area (Å²) in [7, 11) is 0. The summed E-state index contributed by atoms with van der Waals surface area (Å²) in [6.45, 7) is 3.68. The average Bonchev–Trinajstić information content (AvgIpc) is 3.17. The van der Waals surface area contributed by atoms with Gasteiger partial charge in [-0.1, -0.05) is 12.1 Å². The normalized spacial score (nSPS) is 27.0. The van der Waals surface area contributed by atoms with Crippen LogP contribution in [0.1, 0.15) is 35.2 Å². The number of carbonyl (C=O) groups is 1. The van der Waals surface area contributed by atoms with Crippen molar-refractivity contribution >= 4 is 5.97 Å². The summed E-state index contributed by atoms with van der Waals surface area (Å²) in [5.41, 5.74) is 1.57. The predicted molar refractivity (Wildman–Crippen MR) is 81.9 cm³/mol. The van der Waals surface area contributed by atoms with E-state index in [4.69, 9.17) is 9.84 Å². The Morgan fingerprint density at radius 3 is 2.64 bits per heavy atom. The second kappa shape index (κ2) is 5.33. The van der Waals surface area contributed by atoms with Gasteiger partial charge in [0, 0.05) is 31.7 Å². The molecule has 0 bridgehead atoms. The molecule has 1 atom stereocenters. The van der Waals surface area contributed by atoms with Crippen LogP contribution in [0.4, 0.5) is 0 Å². The zero-order valence-electron chi connectivity index (χ0n) is 12.6. The highest BCUT2D eigenvalue weighted by molar-refractivity contribution is 5.87. The highest BCUT2D eigenvalue weighted by atomic mass is 16.5. The molecule has 2 N–H and O–H groups in total. The molecular weight excluding hydrogens is 280 g/mol. The number of nitrogens with zero attached hydrogens (tertiary/aromatic N) is 1. The van der Waals surface area contributed by atoms with Crippen LogP contribution in [-0.4, -0.2) is 53.4 Å². The Balaban J connectivity index is 1.27. The lowest BCUT2D eigenvalue weighted by molar-refractivity contribution is -0.114. The molecule has 2 aliphatic heterocycles. The summed E-state index contributed by atoms with van der Waals surface area (Å²) in [5, 5.41) is 12.6. The maximum absolute atomic E-state index is 10.9. The smallest absolute Gasteiger partial charge is 0.335 e. The summed E-state index contributed by atoms with van der Waals surface area (Å²) in [4.78, 5) is 13.2. The van der Waals surface area contributed by atoms with Crippen molar-refractivity contribution in [3.8, 4) is 0 Å². The molecule has 1 unspecified atom stereocenters. The molecule has 4 rings (SSSR count). The molecule has 1 aromatic rings. The van der Waals surface area contributed by atoms with Crippen LogP contribution in [0.2, 0.25) is 0 Å². The lowest BCUT2D eigenvalue weighted by Crippen LogP contribution is -2.61. The Morgan fingerprint density at radius 1 is 1.27 bits per heavy atom. The first kappa shape index (κ1) is 14.2. The summed E-state index contributed by atoms with van der Waals surface area (Å²) in [6.07, 6.45) is 3.77. The van der Waals surface area contributed by atoms with Gasteiger partial charge in [0.15, 0.2) is 0 Å². The number of hydrogen-bond donors (Lipinski definition) is 2. The van der Waals surface area contributed by atoms with Crippen molar-refractivity contribution in [2.45, 2.75) is 43.5 Å². The Labute approximate surface area is 130 Å². The van der Waals surface area contributed by atoms with E-state index in [1.165, 1.54) is 12.8 Å². The molecule has 118 valence electrons. The van der Waals surface area contributed by atoms with Crippen molar-refractivity contribution in [1.82, 2.24) is 10.2 Å². The molecule has 2 saturated heterocycles. The van der Waals surface area contributed by atoms with Crippen LogP contribution in [-0.2, 0) is 11.3 Å². The SMILES string of the molecule is O=C(O)c1ccc(CN2CC3(CC(NC4CC4)CO3)C2)cc1. The van der Waals surface area contributed by atoms with E-state index in [9.17, 15) is 4.79 Å². The van der Waals surface area contributed by atoms with Crippen LogP contribution in [0.25, 0.3) is 0 Å². The summed E-state index contributed by atoms with van der Waals surface area (Å²) in [5.74, 6) is -0.872. The number of carboxylic acid groups (broad SMARTS) is 1. The zero-order chi connectivity index (χ0) is 15.2. The van der Waals surface area contributed by atoms with Crippen molar-refractivity contribution in [2.75, 3.05) is 19.7 Å². The van der Waals surface area contributed by atoms with Gasteiger partial charge in [0.2, 0.25) is 0 Å². The fourth-order valence-electron chi connectivity index (χ4n) is 3.65. The lowest BCUT2D eigenvalue weighted by atomic mass is 9.89. The van der Waals surface area contributed by atoms with Crippen molar-refractivity contribution in [3.63, 3.8) is 0 Å². The molecule has 3 fully saturated rings. The minimum Gasteiger partial charge on any atom is -0.478 e. The Hall–Kier alpha value is -1.43. The van der Waals surface area contributed by atoms with Gasteiger partial charge in [-0.3, -0.25) is 4.90 Å². The van der Waals surface area contributed by atoms with Gasteiger partial charge in [-0.25, -0.2) is 4.79 Å². The van der Waals surface area contributed by atoms with Crippen LogP contribution in [0.3, 0.4) is 0 Å². The van der Waals surface area contributed by atoms with Crippen LogP contribution < -0.4 is 5.32 Å². The molecule has 0 radical (unpaired) electrons. The molecule has 1 aliphatic carbocycles. The Bertz CT molecular complexity index is 562. The fraction of sp³-hybridized carbons (Fsp3) is 0.588. The van der Waals surface area contributed by atoms with Gasteiger partial charge in [0.1, 0.15) is 0 Å². The van der Waals surface area contributed by atoms with Crippen LogP contribution in [0.15, 0.2) is 24.3 Å². The van der Waals surface area contributed by atoms with Gasteiger partial charge < -0.3 is 15.2 Å². The average molecular weight is 302 g/mol. The molecule has 0 aromatic heterocycles. The van der Waals surface area contributed by atoms with Crippen LogP contribution in [0.5, 0.6) is 0 Å². The van der Waals surface area contributed by atoms with Gasteiger partial charge in [-0.2, -0.15) is 0 Å². The third-order valence-corrected chi connectivity index (χ3v) is 4.89. The molecule has 1 spiro atoms. The first-order valence-corrected chi connectivity index (χ1v) is 8.07. The largest absolute Gasteiger partial charge is 0.478 e. The van der Waals surface area contributed by atoms with E-state index >= 15 is 0 Å². The summed E-state index contributed by atoms with van der Waals surface area (Å²) in [6, 6.07) is 8.43. The number of rotatable bonds is 5. The van der Waals surface area contributed by atoms with E-state index in [0.717, 1.165) is 44.3 Å². The van der Waals surface area contributed by atoms with E-state index in [2.05, 4.69) is 10.2 Å². The minimum atomic E-state index is -0.872.